The number of hydrazone groups is 1. The van der Waals surface area contributed by atoms with E-state index in [1.54, 1.807) is 43.3 Å². The summed E-state index contributed by atoms with van der Waals surface area (Å²) in [5.41, 5.74) is 4.66. The van der Waals surface area contributed by atoms with Crippen LogP contribution in [0, 0.1) is 0 Å². The number of carbonyl (C=O) groups is 2. The third-order valence-corrected chi connectivity index (χ3v) is 4.92. The lowest BCUT2D eigenvalue weighted by Gasteiger charge is -2.08. The zero-order valence-corrected chi connectivity index (χ0v) is 18.1. The maximum atomic E-state index is 12.1. The lowest BCUT2D eigenvalue weighted by atomic mass is 10.1. The number of fused-ring (bicyclic) bond motifs is 1. The molecule has 4 aromatic rings. The van der Waals surface area contributed by atoms with Crippen molar-refractivity contribution >= 4 is 34.6 Å². The van der Waals surface area contributed by atoms with Gasteiger partial charge in [0.2, 0.25) is 0 Å². The molecule has 0 aliphatic carbocycles. The largest absolute Gasteiger partial charge is 0.462 e. The first-order valence-corrected chi connectivity index (χ1v) is 10.5. The van der Waals surface area contributed by atoms with E-state index in [9.17, 15) is 9.59 Å². The molecule has 0 saturated heterocycles. The summed E-state index contributed by atoms with van der Waals surface area (Å²) in [6.45, 7) is 2.18. The molecule has 4 rings (SSSR count). The second-order valence-electron chi connectivity index (χ2n) is 7.17. The maximum absolute atomic E-state index is 12.1. The van der Waals surface area contributed by atoms with Gasteiger partial charge in [0.25, 0.3) is 5.91 Å². The van der Waals surface area contributed by atoms with Crippen LogP contribution in [0.5, 0.6) is 0 Å². The molecule has 0 saturated carbocycles. The Hall–Kier alpha value is -4.39. The van der Waals surface area contributed by atoms with E-state index in [1.807, 2.05) is 42.5 Å². The quantitative estimate of drug-likeness (QED) is 0.232. The summed E-state index contributed by atoms with van der Waals surface area (Å²) in [4.78, 5) is 23.9. The number of furan rings is 1. The minimum Gasteiger partial charge on any atom is -0.462 e. The SMILES string of the molecule is CCOC(=O)c1ccc(-c2ccc(/C=N\NC(=O)CNc3cccc4ccccc34)o2)cc1. The number of benzene rings is 3. The van der Waals surface area contributed by atoms with E-state index in [-0.39, 0.29) is 18.4 Å². The van der Waals surface area contributed by atoms with Crippen molar-refractivity contribution in [3.63, 3.8) is 0 Å². The molecule has 0 atom stereocenters. The molecule has 2 N–H and O–H groups in total. The summed E-state index contributed by atoms with van der Waals surface area (Å²) in [5.74, 6) is 0.472. The molecule has 0 fully saturated rings. The van der Waals surface area contributed by atoms with Gasteiger partial charge in [0.05, 0.1) is 24.9 Å². The van der Waals surface area contributed by atoms with Crippen LogP contribution in [0.2, 0.25) is 0 Å². The first-order valence-electron chi connectivity index (χ1n) is 10.5. The zero-order valence-electron chi connectivity index (χ0n) is 18.1. The molecule has 1 heterocycles. The molecule has 3 aromatic carbocycles. The average molecular weight is 441 g/mol. The Morgan fingerprint density at radius 1 is 0.970 bits per heavy atom. The Bertz CT molecular complexity index is 1290. The number of anilines is 1. The Balaban J connectivity index is 1.31. The topological polar surface area (TPSA) is 92.9 Å². The van der Waals surface area contributed by atoms with E-state index >= 15 is 0 Å². The summed E-state index contributed by atoms with van der Waals surface area (Å²) in [7, 11) is 0. The second kappa shape index (κ2) is 10.3. The lowest BCUT2D eigenvalue weighted by Crippen LogP contribution is -2.25. The number of carbonyl (C=O) groups excluding carboxylic acids is 2. The monoisotopic (exact) mass is 441 g/mol. The van der Waals surface area contributed by atoms with Crippen molar-refractivity contribution in [3.8, 4) is 11.3 Å². The van der Waals surface area contributed by atoms with Crippen molar-refractivity contribution in [1.82, 2.24) is 5.43 Å². The first-order chi connectivity index (χ1) is 16.1. The second-order valence-corrected chi connectivity index (χ2v) is 7.17. The van der Waals surface area contributed by atoms with Crippen molar-refractivity contribution in [2.24, 2.45) is 5.10 Å². The molecular formula is C26H23N3O4. The van der Waals surface area contributed by atoms with Gasteiger partial charge in [-0.1, -0.05) is 48.5 Å². The van der Waals surface area contributed by atoms with Crippen molar-refractivity contribution in [3.05, 3.63) is 90.2 Å². The maximum Gasteiger partial charge on any atom is 0.338 e. The van der Waals surface area contributed by atoms with Gasteiger partial charge in [0.1, 0.15) is 11.5 Å². The summed E-state index contributed by atoms with van der Waals surface area (Å²) >= 11 is 0. The van der Waals surface area contributed by atoms with Crippen molar-refractivity contribution in [2.75, 3.05) is 18.5 Å². The Morgan fingerprint density at radius 2 is 1.76 bits per heavy atom. The number of hydrogen-bond donors (Lipinski definition) is 2. The number of ether oxygens (including phenoxy) is 1. The van der Waals surface area contributed by atoms with Gasteiger partial charge in [-0.05, 0) is 42.6 Å². The summed E-state index contributed by atoms with van der Waals surface area (Å²) in [6.07, 6.45) is 1.44. The number of hydrogen-bond acceptors (Lipinski definition) is 6. The highest BCUT2D eigenvalue weighted by Crippen LogP contribution is 2.23. The van der Waals surface area contributed by atoms with Crippen LogP contribution in [0.15, 0.2) is 88.4 Å². The number of rotatable bonds is 8. The summed E-state index contributed by atoms with van der Waals surface area (Å²) < 4.78 is 10.7. The fourth-order valence-corrected chi connectivity index (χ4v) is 3.32. The predicted octanol–water partition coefficient (Wildman–Crippen LogP) is 4.84. The Kier molecular flexibility index (Phi) is 6.80. The molecular weight excluding hydrogens is 418 g/mol. The third-order valence-electron chi connectivity index (χ3n) is 4.92. The molecule has 1 aromatic heterocycles. The molecule has 0 bridgehead atoms. The van der Waals surface area contributed by atoms with Crippen LogP contribution in [0.1, 0.15) is 23.0 Å². The Morgan fingerprint density at radius 3 is 2.58 bits per heavy atom. The standard InChI is InChI=1S/C26H23N3O4/c1-2-32-26(31)20-12-10-19(11-13-20)24-15-14-21(33-24)16-28-29-25(30)17-27-23-9-5-7-18-6-3-4-8-22(18)23/h3-16,27H,2,17H2,1H3,(H,29,30)/b28-16-. The smallest absolute Gasteiger partial charge is 0.338 e. The van der Waals surface area contributed by atoms with Gasteiger partial charge in [0.15, 0.2) is 0 Å². The highest BCUT2D eigenvalue weighted by atomic mass is 16.5. The minimum atomic E-state index is -0.359. The fraction of sp³-hybridized carbons (Fsp3) is 0.115. The van der Waals surface area contributed by atoms with Gasteiger partial charge in [-0.25, -0.2) is 10.2 Å². The van der Waals surface area contributed by atoms with Gasteiger partial charge in [0, 0.05) is 16.6 Å². The molecule has 33 heavy (non-hydrogen) atoms. The van der Waals surface area contributed by atoms with E-state index in [4.69, 9.17) is 9.15 Å². The van der Waals surface area contributed by atoms with Crippen molar-refractivity contribution in [1.29, 1.82) is 0 Å². The van der Waals surface area contributed by atoms with Crippen molar-refractivity contribution in [2.45, 2.75) is 6.92 Å². The van der Waals surface area contributed by atoms with Gasteiger partial charge in [-0.3, -0.25) is 4.79 Å². The van der Waals surface area contributed by atoms with E-state index in [0.29, 0.717) is 23.7 Å². The fourth-order valence-electron chi connectivity index (χ4n) is 3.32. The van der Waals surface area contributed by atoms with Crippen LogP contribution in [0.4, 0.5) is 5.69 Å². The van der Waals surface area contributed by atoms with Gasteiger partial charge < -0.3 is 14.5 Å². The first kappa shape index (κ1) is 21.8. The molecule has 7 nitrogen and oxygen atoms in total. The average Bonchev–Trinajstić information content (AvgIpc) is 3.32. The van der Waals surface area contributed by atoms with E-state index in [2.05, 4.69) is 15.8 Å². The molecule has 0 aliphatic rings. The summed E-state index contributed by atoms with van der Waals surface area (Å²) in [5, 5.41) is 9.25. The van der Waals surface area contributed by atoms with E-state index in [1.165, 1.54) is 6.21 Å². The van der Waals surface area contributed by atoms with E-state index in [0.717, 1.165) is 22.0 Å². The number of esters is 1. The lowest BCUT2D eigenvalue weighted by molar-refractivity contribution is -0.119. The van der Waals surface area contributed by atoms with Gasteiger partial charge in [-0.15, -0.1) is 0 Å². The minimum absolute atomic E-state index is 0.0849. The number of amides is 1. The Labute approximate surface area is 191 Å². The molecule has 0 aliphatic heterocycles. The number of nitrogens with one attached hydrogen (secondary N) is 2. The van der Waals surface area contributed by atoms with Crippen LogP contribution >= 0.6 is 0 Å². The molecule has 1 amide bonds. The van der Waals surface area contributed by atoms with Crippen molar-refractivity contribution < 1.29 is 18.7 Å². The zero-order chi connectivity index (χ0) is 23.0. The van der Waals surface area contributed by atoms with Gasteiger partial charge >= 0.3 is 5.97 Å². The highest BCUT2D eigenvalue weighted by Gasteiger charge is 2.09. The highest BCUT2D eigenvalue weighted by molar-refractivity contribution is 5.95. The van der Waals surface area contributed by atoms with E-state index < -0.39 is 0 Å². The van der Waals surface area contributed by atoms with Crippen LogP contribution in [-0.4, -0.2) is 31.2 Å². The molecule has 0 radical (unpaired) electrons. The van der Waals surface area contributed by atoms with Gasteiger partial charge in [-0.2, -0.15) is 5.10 Å². The predicted molar refractivity (Wildman–Crippen MR) is 128 cm³/mol. The van der Waals surface area contributed by atoms with Crippen LogP contribution in [-0.2, 0) is 9.53 Å². The molecule has 7 heteroatoms. The van der Waals surface area contributed by atoms with Crippen LogP contribution in [0.3, 0.4) is 0 Å². The molecule has 0 spiro atoms. The molecule has 0 unspecified atom stereocenters. The molecule has 166 valence electrons. The summed E-state index contributed by atoms with van der Waals surface area (Å²) in [6, 6.07) is 24.4. The normalized spacial score (nSPS) is 10.9. The number of nitrogens with zero attached hydrogens (tertiary/aromatic N) is 1. The van der Waals surface area contributed by atoms with Crippen LogP contribution < -0.4 is 10.7 Å². The third kappa shape index (κ3) is 5.46. The van der Waals surface area contributed by atoms with Crippen LogP contribution in [0.25, 0.3) is 22.1 Å².